The summed E-state index contributed by atoms with van der Waals surface area (Å²) < 4.78 is 9.83. The summed E-state index contributed by atoms with van der Waals surface area (Å²) in [5, 5.41) is 8.63. The third-order valence-corrected chi connectivity index (χ3v) is 1.73. The van der Waals surface area contributed by atoms with Crippen LogP contribution < -0.4 is 5.32 Å². The Kier molecular flexibility index (Phi) is 6.47. The minimum atomic E-state index is -0.972. The first-order valence-electron chi connectivity index (χ1n) is 6.48. The monoisotopic (exact) mass is 301 g/mol. The number of alkyl carbamates (subject to hydrolysis) is 1. The van der Waals surface area contributed by atoms with E-state index in [9.17, 15) is 14.4 Å². The maximum Gasteiger partial charge on any atom is 0.453 e. The van der Waals surface area contributed by atoms with Crippen LogP contribution in [0, 0.1) is 0 Å². The third-order valence-electron chi connectivity index (χ3n) is 1.73. The van der Waals surface area contributed by atoms with Crippen LogP contribution >= 0.6 is 0 Å². The fourth-order valence-electron chi connectivity index (χ4n) is 1.01. The van der Waals surface area contributed by atoms with Gasteiger partial charge in [-0.1, -0.05) is 5.11 Å². The molecule has 0 heterocycles. The van der Waals surface area contributed by atoms with Gasteiger partial charge in [0.2, 0.25) is 0 Å². The van der Waals surface area contributed by atoms with Crippen molar-refractivity contribution in [1.82, 2.24) is 5.32 Å². The number of nitrogens with one attached hydrogen (secondary N) is 1. The van der Waals surface area contributed by atoms with Crippen LogP contribution in [0.15, 0.2) is 10.2 Å². The van der Waals surface area contributed by atoms with Crippen molar-refractivity contribution in [2.75, 3.05) is 0 Å². The Bertz CT molecular complexity index is 432. The fourth-order valence-corrected chi connectivity index (χ4v) is 1.01. The van der Waals surface area contributed by atoms with Crippen LogP contribution in [0.1, 0.15) is 48.5 Å². The largest absolute Gasteiger partial charge is 0.453 e. The molecule has 1 N–H and O–H groups in total. The van der Waals surface area contributed by atoms with Crippen molar-refractivity contribution >= 4 is 18.1 Å². The minimum Gasteiger partial charge on any atom is -0.444 e. The summed E-state index contributed by atoms with van der Waals surface area (Å²) >= 11 is 0. The quantitative estimate of drug-likeness (QED) is 0.789. The third kappa shape index (κ3) is 10.5. The van der Waals surface area contributed by atoms with E-state index >= 15 is 0 Å². The van der Waals surface area contributed by atoms with Crippen molar-refractivity contribution < 1.29 is 23.9 Å². The highest BCUT2D eigenvalue weighted by Gasteiger charge is 2.21. The van der Waals surface area contributed by atoms with E-state index in [0.717, 1.165) is 0 Å². The lowest BCUT2D eigenvalue weighted by Gasteiger charge is -2.20. The predicted octanol–water partition coefficient (Wildman–Crippen LogP) is 2.81. The maximum atomic E-state index is 11.6. The molecular weight excluding hydrogens is 278 g/mol. The number of carbonyl (C=O) groups excluding carboxylic acids is 3. The Morgan fingerprint density at radius 1 is 0.905 bits per heavy atom. The lowest BCUT2D eigenvalue weighted by atomic mass is 10.2. The number of rotatable bonds is 2. The molecule has 0 radical (unpaired) electrons. The number of azo groups is 1. The Balaban J connectivity index is 4.40. The summed E-state index contributed by atoms with van der Waals surface area (Å²) in [7, 11) is 0. The van der Waals surface area contributed by atoms with Crippen molar-refractivity contribution in [2.45, 2.75) is 65.7 Å². The molecule has 0 aromatic rings. The van der Waals surface area contributed by atoms with Gasteiger partial charge in [-0.15, -0.1) is 5.11 Å². The average molecular weight is 301 g/mol. The molecule has 0 saturated carbocycles. The van der Waals surface area contributed by atoms with Crippen LogP contribution in [0.3, 0.4) is 0 Å². The van der Waals surface area contributed by atoms with Gasteiger partial charge in [0.1, 0.15) is 17.2 Å². The lowest BCUT2D eigenvalue weighted by Crippen LogP contribution is -2.41. The molecule has 120 valence electrons. The van der Waals surface area contributed by atoms with Crippen molar-refractivity contribution in [1.29, 1.82) is 0 Å². The first kappa shape index (κ1) is 19.0. The summed E-state index contributed by atoms with van der Waals surface area (Å²) in [6, 6.07) is -0.967. The van der Waals surface area contributed by atoms with E-state index < -0.39 is 35.3 Å². The Hall–Kier alpha value is -1.99. The molecule has 0 saturated heterocycles. The standard InChI is InChI=1S/C13H23N3O5/c1-8(14-10(18)20-12(2,3)4)9(17)15-16-11(19)21-13(5,6)7/h8H,1-7H3,(H,14,18)/t8-/m0/s1. The Morgan fingerprint density at radius 2 is 1.38 bits per heavy atom. The summed E-state index contributed by atoms with van der Waals surface area (Å²) in [4.78, 5) is 34.3. The summed E-state index contributed by atoms with van der Waals surface area (Å²) in [6.07, 6.45) is -1.73. The van der Waals surface area contributed by atoms with Gasteiger partial charge in [-0.2, -0.15) is 0 Å². The molecule has 0 aromatic carbocycles. The molecule has 0 bridgehead atoms. The van der Waals surface area contributed by atoms with Crippen molar-refractivity contribution in [2.24, 2.45) is 10.2 Å². The first-order chi connectivity index (χ1) is 9.30. The van der Waals surface area contributed by atoms with Crippen LogP contribution in [0.25, 0.3) is 0 Å². The fraction of sp³-hybridized carbons (Fsp3) is 0.769. The number of amides is 3. The molecule has 1 atom stereocenters. The highest BCUT2D eigenvalue weighted by molar-refractivity contribution is 5.86. The Morgan fingerprint density at radius 3 is 1.81 bits per heavy atom. The number of nitrogens with zero attached hydrogens (tertiary/aromatic N) is 2. The molecular formula is C13H23N3O5. The molecule has 0 aromatic heterocycles. The molecule has 0 aliphatic carbocycles. The van der Waals surface area contributed by atoms with Crippen LogP contribution in [0.4, 0.5) is 9.59 Å². The van der Waals surface area contributed by atoms with Crippen LogP contribution in [-0.4, -0.2) is 35.3 Å². The molecule has 8 nitrogen and oxygen atoms in total. The number of carbonyl (C=O) groups is 3. The second-order valence-electron chi connectivity index (χ2n) is 6.39. The van der Waals surface area contributed by atoms with Gasteiger partial charge in [0.15, 0.2) is 0 Å². The van der Waals surface area contributed by atoms with Gasteiger partial charge in [-0.3, -0.25) is 4.79 Å². The van der Waals surface area contributed by atoms with Gasteiger partial charge in [0.05, 0.1) is 0 Å². The summed E-state index contributed by atoms with van der Waals surface area (Å²) in [5.41, 5.74) is -1.40. The van der Waals surface area contributed by atoms with Crippen LogP contribution in [-0.2, 0) is 14.3 Å². The molecule has 0 aliphatic rings. The predicted molar refractivity (Wildman–Crippen MR) is 74.9 cm³/mol. The van der Waals surface area contributed by atoms with E-state index in [4.69, 9.17) is 9.47 Å². The second-order valence-corrected chi connectivity index (χ2v) is 6.39. The zero-order chi connectivity index (χ0) is 16.8. The van der Waals surface area contributed by atoms with Crippen LogP contribution in [0.2, 0.25) is 0 Å². The second kappa shape index (κ2) is 7.14. The van der Waals surface area contributed by atoms with Crippen molar-refractivity contribution in [3.63, 3.8) is 0 Å². The van der Waals surface area contributed by atoms with E-state index in [1.54, 1.807) is 41.5 Å². The molecule has 0 spiro atoms. The van der Waals surface area contributed by atoms with Crippen LogP contribution in [0.5, 0.6) is 0 Å². The van der Waals surface area contributed by atoms with E-state index in [2.05, 4.69) is 15.5 Å². The molecule has 3 amide bonds. The Labute approximate surface area is 124 Å². The molecule has 0 fully saturated rings. The van der Waals surface area contributed by atoms with E-state index in [1.807, 2.05) is 0 Å². The van der Waals surface area contributed by atoms with E-state index in [0.29, 0.717) is 0 Å². The number of hydrogen-bond donors (Lipinski definition) is 1. The topological polar surface area (TPSA) is 106 Å². The highest BCUT2D eigenvalue weighted by Crippen LogP contribution is 2.09. The number of ether oxygens (including phenoxy) is 2. The van der Waals surface area contributed by atoms with Gasteiger partial charge in [0.25, 0.3) is 5.91 Å². The molecule has 0 rings (SSSR count). The van der Waals surface area contributed by atoms with Crippen molar-refractivity contribution in [3.05, 3.63) is 0 Å². The molecule has 21 heavy (non-hydrogen) atoms. The summed E-state index contributed by atoms with van der Waals surface area (Å²) in [6.45, 7) is 11.5. The smallest absolute Gasteiger partial charge is 0.444 e. The van der Waals surface area contributed by atoms with Gasteiger partial charge in [-0.05, 0) is 48.5 Å². The SMILES string of the molecule is C[C@H](NC(=O)OC(C)(C)C)C(=O)N=NC(=O)OC(C)(C)C. The van der Waals surface area contributed by atoms with Gasteiger partial charge < -0.3 is 14.8 Å². The zero-order valence-electron chi connectivity index (χ0n) is 13.5. The van der Waals surface area contributed by atoms with E-state index in [-0.39, 0.29) is 0 Å². The first-order valence-corrected chi connectivity index (χ1v) is 6.48. The van der Waals surface area contributed by atoms with Gasteiger partial charge >= 0.3 is 12.2 Å². The normalized spacial score (nSPS) is 13.7. The van der Waals surface area contributed by atoms with Crippen molar-refractivity contribution in [3.8, 4) is 0 Å². The average Bonchev–Trinajstić information content (AvgIpc) is 2.20. The maximum absolute atomic E-state index is 11.6. The van der Waals surface area contributed by atoms with Gasteiger partial charge in [-0.25, -0.2) is 9.59 Å². The molecule has 0 unspecified atom stereocenters. The zero-order valence-corrected chi connectivity index (χ0v) is 13.5. The minimum absolute atomic E-state index is 0.676. The molecule has 0 aliphatic heterocycles. The number of hydrogen-bond acceptors (Lipinski definition) is 5. The summed E-state index contributed by atoms with van der Waals surface area (Å²) in [5.74, 6) is -0.785. The molecule has 8 heteroatoms. The highest BCUT2D eigenvalue weighted by atomic mass is 16.6. The van der Waals surface area contributed by atoms with E-state index in [1.165, 1.54) is 6.92 Å². The lowest BCUT2D eigenvalue weighted by molar-refractivity contribution is -0.120. The van der Waals surface area contributed by atoms with Gasteiger partial charge in [0, 0.05) is 0 Å².